The lowest BCUT2D eigenvalue weighted by atomic mass is 10.2. The molecule has 1 fully saturated rings. The van der Waals surface area contributed by atoms with E-state index in [4.69, 9.17) is 4.74 Å². The molecule has 1 heterocycles. The van der Waals surface area contributed by atoms with E-state index in [0.717, 1.165) is 31.7 Å². The van der Waals surface area contributed by atoms with E-state index < -0.39 is 0 Å². The van der Waals surface area contributed by atoms with E-state index in [0.29, 0.717) is 6.10 Å². The second-order valence-corrected chi connectivity index (χ2v) is 3.86. The molecule has 2 rings (SSSR count). The molecule has 1 unspecified atom stereocenters. The highest BCUT2D eigenvalue weighted by Gasteiger charge is 2.14. The van der Waals surface area contributed by atoms with Gasteiger partial charge >= 0.3 is 0 Å². The van der Waals surface area contributed by atoms with Crippen LogP contribution in [0.4, 0.5) is 10.1 Å². The van der Waals surface area contributed by atoms with Gasteiger partial charge in [0.05, 0.1) is 6.10 Å². The highest BCUT2D eigenvalue weighted by Crippen LogP contribution is 2.16. The Morgan fingerprint density at radius 3 is 3.13 bits per heavy atom. The second kappa shape index (κ2) is 5.12. The van der Waals surface area contributed by atoms with E-state index in [1.54, 1.807) is 6.07 Å². The predicted octanol–water partition coefficient (Wildman–Crippen LogP) is 2.81. The van der Waals surface area contributed by atoms with Crippen LogP contribution < -0.4 is 5.32 Å². The third kappa shape index (κ3) is 3.20. The van der Waals surface area contributed by atoms with Crippen LogP contribution in [-0.4, -0.2) is 19.3 Å². The van der Waals surface area contributed by atoms with Crippen LogP contribution in [0.2, 0.25) is 0 Å². The number of nitrogens with one attached hydrogen (secondary N) is 1. The molecule has 0 bridgehead atoms. The molecule has 1 aliphatic heterocycles. The van der Waals surface area contributed by atoms with Gasteiger partial charge in [-0.25, -0.2) is 4.39 Å². The van der Waals surface area contributed by atoms with Crippen molar-refractivity contribution in [1.29, 1.82) is 0 Å². The van der Waals surface area contributed by atoms with E-state index in [-0.39, 0.29) is 5.82 Å². The fourth-order valence-electron chi connectivity index (χ4n) is 1.85. The van der Waals surface area contributed by atoms with Gasteiger partial charge in [-0.05, 0) is 37.5 Å². The van der Waals surface area contributed by atoms with Crippen LogP contribution in [0.1, 0.15) is 19.3 Å². The first kappa shape index (κ1) is 10.4. The summed E-state index contributed by atoms with van der Waals surface area (Å²) < 4.78 is 18.3. The van der Waals surface area contributed by atoms with Crippen molar-refractivity contribution < 1.29 is 9.13 Å². The summed E-state index contributed by atoms with van der Waals surface area (Å²) >= 11 is 0. The molecule has 1 aromatic rings. The van der Waals surface area contributed by atoms with Gasteiger partial charge in [-0.1, -0.05) is 6.07 Å². The third-order valence-corrected chi connectivity index (χ3v) is 2.64. The molecule has 15 heavy (non-hydrogen) atoms. The summed E-state index contributed by atoms with van der Waals surface area (Å²) in [5.74, 6) is -0.197. The fourth-order valence-corrected chi connectivity index (χ4v) is 1.85. The number of benzene rings is 1. The van der Waals surface area contributed by atoms with Crippen LogP contribution in [0.5, 0.6) is 0 Å². The third-order valence-electron chi connectivity index (χ3n) is 2.64. The zero-order valence-electron chi connectivity index (χ0n) is 8.71. The van der Waals surface area contributed by atoms with Gasteiger partial charge < -0.3 is 10.1 Å². The normalized spacial score (nSPS) is 20.5. The van der Waals surface area contributed by atoms with E-state index in [9.17, 15) is 4.39 Å². The molecular weight excluding hydrogens is 193 g/mol. The van der Waals surface area contributed by atoms with Crippen LogP contribution in [0.15, 0.2) is 24.3 Å². The van der Waals surface area contributed by atoms with Gasteiger partial charge in [-0.15, -0.1) is 0 Å². The molecule has 0 aliphatic carbocycles. The van der Waals surface area contributed by atoms with Crippen molar-refractivity contribution in [1.82, 2.24) is 0 Å². The lowest BCUT2D eigenvalue weighted by Gasteiger charge is -2.10. The monoisotopic (exact) mass is 209 g/mol. The van der Waals surface area contributed by atoms with Crippen molar-refractivity contribution in [3.05, 3.63) is 30.1 Å². The Hall–Kier alpha value is -1.09. The Kier molecular flexibility index (Phi) is 3.56. The summed E-state index contributed by atoms with van der Waals surface area (Å²) in [6, 6.07) is 6.54. The van der Waals surface area contributed by atoms with Crippen LogP contribution in [0.25, 0.3) is 0 Å². The van der Waals surface area contributed by atoms with Crippen molar-refractivity contribution in [2.45, 2.75) is 25.4 Å². The first-order valence-electron chi connectivity index (χ1n) is 5.45. The van der Waals surface area contributed by atoms with E-state index >= 15 is 0 Å². The Labute approximate surface area is 89.4 Å². The van der Waals surface area contributed by atoms with Gasteiger partial charge in [0.2, 0.25) is 0 Å². The average Bonchev–Trinajstić information content (AvgIpc) is 2.71. The molecule has 0 saturated carbocycles. The van der Waals surface area contributed by atoms with E-state index in [2.05, 4.69) is 5.32 Å². The highest BCUT2D eigenvalue weighted by molar-refractivity contribution is 5.42. The van der Waals surface area contributed by atoms with Crippen molar-refractivity contribution in [2.75, 3.05) is 18.5 Å². The average molecular weight is 209 g/mol. The SMILES string of the molecule is Fc1cccc(NCCC2CCCO2)c1. The largest absolute Gasteiger partial charge is 0.385 e. The minimum absolute atomic E-state index is 0.197. The molecular formula is C12H16FNO. The molecule has 2 nitrogen and oxygen atoms in total. The smallest absolute Gasteiger partial charge is 0.125 e. The first-order chi connectivity index (χ1) is 7.34. The van der Waals surface area contributed by atoms with Crippen LogP contribution >= 0.6 is 0 Å². The molecule has 1 N–H and O–H groups in total. The Morgan fingerprint density at radius 2 is 2.40 bits per heavy atom. The number of rotatable bonds is 4. The van der Waals surface area contributed by atoms with Crippen molar-refractivity contribution in [3.63, 3.8) is 0 Å². The lowest BCUT2D eigenvalue weighted by Crippen LogP contribution is -2.12. The number of hydrogen-bond donors (Lipinski definition) is 1. The minimum atomic E-state index is -0.197. The van der Waals surface area contributed by atoms with Gasteiger partial charge in [-0.2, -0.15) is 0 Å². The predicted molar refractivity (Wildman–Crippen MR) is 58.5 cm³/mol. The van der Waals surface area contributed by atoms with Crippen molar-refractivity contribution in [3.8, 4) is 0 Å². The van der Waals surface area contributed by atoms with Crippen molar-refractivity contribution >= 4 is 5.69 Å². The minimum Gasteiger partial charge on any atom is -0.385 e. The highest BCUT2D eigenvalue weighted by atomic mass is 19.1. The standard InChI is InChI=1S/C12H16FNO/c13-10-3-1-4-11(9-10)14-7-6-12-5-2-8-15-12/h1,3-4,9,12,14H,2,5-8H2. The number of anilines is 1. The summed E-state index contributed by atoms with van der Waals surface area (Å²) in [6.45, 7) is 1.73. The fraction of sp³-hybridized carbons (Fsp3) is 0.500. The maximum absolute atomic E-state index is 12.8. The van der Waals surface area contributed by atoms with Crippen LogP contribution in [0, 0.1) is 5.82 Å². The second-order valence-electron chi connectivity index (χ2n) is 3.86. The molecule has 82 valence electrons. The van der Waals surface area contributed by atoms with Gasteiger partial charge in [0.15, 0.2) is 0 Å². The molecule has 0 aromatic heterocycles. The summed E-state index contributed by atoms with van der Waals surface area (Å²) in [6.07, 6.45) is 3.72. The van der Waals surface area contributed by atoms with Crippen molar-refractivity contribution in [2.24, 2.45) is 0 Å². The maximum Gasteiger partial charge on any atom is 0.125 e. The first-order valence-corrected chi connectivity index (χ1v) is 5.45. The van der Waals surface area contributed by atoms with Gasteiger partial charge in [0.1, 0.15) is 5.82 Å². The summed E-state index contributed by atoms with van der Waals surface area (Å²) in [5, 5.41) is 3.19. The molecule has 0 radical (unpaired) electrons. The Bertz CT molecular complexity index is 310. The van der Waals surface area contributed by atoms with Crippen LogP contribution in [-0.2, 0) is 4.74 Å². The molecule has 0 spiro atoms. The molecule has 1 saturated heterocycles. The zero-order valence-corrected chi connectivity index (χ0v) is 8.71. The maximum atomic E-state index is 12.8. The summed E-state index contributed by atoms with van der Waals surface area (Å²) in [4.78, 5) is 0. The lowest BCUT2D eigenvalue weighted by molar-refractivity contribution is 0.107. The van der Waals surface area contributed by atoms with E-state index in [1.165, 1.54) is 18.6 Å². The van der Waals surface area contributed by atoms with E-state index in [1.807, 2.05) is 6.07 Å². The molecule has 0 amide bonds. The molecule has 1 aromatic carbocycles. The molecule has 1 atom stereocenters. The Morgan fingerprint density at radius 1 is 1.47 bits per heavy atom. The molecule has 3 heteroatoms. The van der Waals surface area contributed by atoms with Crippen LogP contribution in [0.3, 0.4) is 0 Å². The quantitative estimate of drug-likeness (QED) is 0.823. The van der Waals surface area contributed by atoms with Gasteiger partial charge in [-0.3, -0.25) is 0 Å². The number of hydrogen-bond acceptors (Lipinski definition) is 2. The van der Waals surface area contributed by atoms with Gasteiger partial charge in [0, 0.05) is 18.8 Å². The number of halogens is 1. The summed E-state index contributed by atoms with van der Waals surface area (Å²) in [7, 11) is 0. The summed E-state index contributed by atoms with van der Waals surface area (Å²) in [5.41, 5.74) is 0.841. The zero-order chi connectivity index (χ0) is 10.5. The Balaban J connectivity index is 1.73. The number of ether oxygens (including phenoxy) is 1. The van der Waals surface area contributed by atoms with Gasteiger partial charge in [0.25, 0.3) is 0 Å². The molecule has 1 aliphatic rings. The topological polar surface area (TPSA) is 21.3 Å².